The lowest BCUT2D eigenvalue weighted by molar-refractivity contribution is 0.198. The van der Waals surface area contributed by atoms with Crippen LogP contribution in [0.5, 0.6) is 5.88 Å². The lowest BCUT2D eigenvalue weighted by Crippen LogP contribution is -2.24. The number of pyridine rings is 1. The van der Waals surface area contributed by atoms with Crippen molar-refractivity contribution in [1.29, 1.82) is 0 Å². The Kier molecular flexibility index (Phi) is 3.78. The van der Waals surface area contributed by atoms with E-state index in [9.17, 15) is 4.79 Å². The van der Waals surface area contributed by atoms with Crippen molar-refractivity contribution < 1.29 is 4.74 Å². The van der Waals surface area contributed by atoms with Crippen LogP contribution in [0, 0.1) is 0 Å². The van der Waals surface area contributed by atoms with Gasteiger partial charge in [-0.2, -0.15) is 5.10 Å². The Morgan fingerprint density at radius 1 is 1.38 bits per heavy atom. The molecule has 0 radical (unpaired) electrons. The van der Waals surface area contributed by atoms with Crippen molar-refractivity contribution in [3.05, 3.63) is 40.8 Å². The third-order valence-electron chi connectivity index (χ3n) is 4.40. The summed E-state index contributed by atoms with van der Waals surface area (Å²) >= 11 is 0. The van der Waals surface area contributed by atoms with Gasteiger partial charge in [-0.05, 0) is 30.5 Å². The molecule has 1 atom stereocenters. The average molecular weight is 325 g/mol. The van der Waals surface area contributed by atoms with Crippen molar-refractivity contribution >= 4 is 10.8 Å². The van der Waals surface area contributed by atoms with E-state index in [-0.39, 0.29) is 11.8 Å². The normalized spacial score (nSPS) is 18.3. The molecule has 0 amide bonds. The first kappa shape index (κ1) is 14.9. The number of nitrogens with one attached hydrogen (secondary N) is 2. The molecule has 1 aliphatic rings. The lowest BCUT2D eigenvalue weighted by Gasteiger charge is -2.16. The average Bonchev–Trinajstić information content (AvgIpc) is 3.23. The van der Waals surface area contributed by atoms with Gasteiger partial charge < -0.3 is 4.74 Å². The minimum absolute atomic E-state index is 0.134. The van der Waals surface area contributed by atoms with E-state index in [2.05, 4.69) is 32.0 Å². The molecule has 3 heterocycles. The zero-order valence-electron chi connectivity index (χ0n) is 13.5. The molecule has 1 fully saturated rings. The fraction of sp³-hybridized carbons (Fsp3) is 0.353. The van der Waals surface area contributed by atoms with Gasteiger partial charge in [0.25, 0.3) is 0 Å². The Morgan fingerprint density at radius 2 is 2.25 bits per heavy atom. The molecule has 0 aliphatic carbocycles. The standard InChI is InChI=1S/C17H19N5O2/c1-2-22-8-7-12(10-22)24-16-13-6-4-3-5-11(13)9-14(18-16)15-19-17(23)21-20-15/h3-6,9,12H,2,7-8,10H2,1H3,(H2,19,20,21,23)/t12-/m0/s1. The van der Waals surface area contributed by atoms with E-state index >= 15 is 0 Å². The summed E-state index contributed by atoms with van der Waals surface area (Å²) in [6.07, 6.45) is 1.13. The number of nitrogens with zero attached hydrogens (tertiary/aromatic N) is 3. The number of hydrogen-bond donors (Lipinski definition) is 2. The Labute approximate surface area is 138 Å². The molecule has 3 aromatic rings. The summed E-state index contributed by atoms with van der Waals surface area (Å²) in [4.78, 5) is 20.9. The largest absolute Gasteiger partial charge is 0.472 e. The van der Waals surface area contributed by atoms with Crippen molar-refractivity contribution in [2.24, 2.45) is 0 Å². The number of hydrogen-bond acceptors (Lipinski definition) is 5. The number of likely N-dealkylation sites (tertiary alicyclic amines) is 1. The molecule has 0 spiro atoms. The maximum absolute atomic E-state index is 11.3. The zero-order chi connectivity index (χ0) is 16.5. The van der Waals surface area contributed by atoms with Crippen LogP contribution in [-0.4, -0.2) is 50.8 Å². The predicted octanol–water partition coefficient (Wildman–Crippen LogP) is 1.79. The van der Waals surface area contributed by atoms with E-state index in [4.69, 9.17) is 4.74 Å². The number of benzene rings is 1. The molecule has 24 heavy (non-hydrogen) atoms. The number of rotatable bonds is 4. The number of H-pyrrole nitrogens is 2. The summed E-state index contributed by atoms with van der Waals surface area (Å²) in [7, 11) is 0. The van der Waals surface area contributed by atoms with Crippen molar-refractivity contribution in [2.45, 2.75) is 19.4 Å². The molecular formula is C17H19N5O2. The Bertz CT molecular complexity index is 916. The molecule has 2 N–H and O–H groups in total. The van der Waals surface area contributed by atoms with E-state index in [0.717, 1.165) is 36.8 Å². The van der Waals surface area contributed by atoms with Crippen molar-refractivity contribution in [3.63, 3.8) is 0 Å². The van der Waals surface area contributed by atoms with E-state index < -0.39 is 0 Å². The maximum Gasteiger partial charge on any atom is 0.340 e. The first-order valence-electron chi connectivity index (χ1n) is 8.17. The van der Waals surface area contributed by atoms with Gasteiger partial charge in [-0.25, -0.2) is 14.9 Å². The van der Waals surface area contributed by atoms with Gasteiger partial charge in [-0.3, -0.25) is 9.88 Å². The minimum atomic E-state index is -0.350. The summed E-state index contributed by atoms with van der Waals surface area (Å²) in [5.74, 6) is 1.01. The van der Waals surface area contributed by atoms with Crippen LogP contribution in [0.25, 0.3) is 22.3 Å². The summed E-state index contributed by atoms with van der Waals surface area (Å²) in [6.45, 7) is 5.15. The van der Waals surface area contributed by atoms with Gasteiger partial charge in [-0.15, -0.1) is 0 Å². The summed E-state index contributed by atoms with van der Waals surface area (Å²) < 4.78 is 6.21. The van der Waals surface area contributed by atoms with E-state index in [1.165, 1.54) is 0 Å². The quantitative estimate of drug-likeness (QED) is 0.763. The molecular weight excluding hydrogens is 306 g/mol. The summed E-state index contributed by atoms with van der Waals surface area (Å²) in [6, 6.07) is 9.85. The highest BCUT2D eigenvalue weighted by molar-refractivity contribution is 5.89. The molecule has 0 unspecified atom stereocenters. The monoisotopic (exact) mass is 325 g/mol. The Balaban J connectivity index is 1.74. The third-order valence-corrected chi connectivity index (χ3v) is 4.40. The summed E-state index contributed by atoms with van der Waals surface area (Å²) in [5, 5.41) is 8.32. The molecule has 4 rings (SSSR count). The first-order chi connectivity index (χ1) is 11.7. The second kappa shape index (κ2) is 6.09. The number of aromatic nitrogens is 4. The minimum Gasteiger partial charge on any atom is -0.472 e. The highest BCUT2D eigenvalue weighted by atomic mass is 16.5. The molecule has 7 heteroatoms. The van der Waals surface area contributed by atoms with Gasteiger partial charge in [-0.1, -0.05) is 25.1 Å². The van der Waals surface area contributed by atoms with Crippen molar-refractivity contribution in [1.82, 2.24) is 25.1 Å². The number of ether oxygens (including phenoxy) is 1. The van der Waals surface area contributed by atoms with Gasteiger partial charge in [0.2, 0.25) is 5.88 Å². The molecule has 1 aliphatic heterocycles. The second-order valence-corrected chi connectivity index (χ2v) is 5.98. The third kappa shape index (κ3) is 2.78. The highest BCUT2D eigenvalue weighted by Gasteiger charge is 2.24. The smallest absolute Gasteiger partial charge is 0.340 e. The van der Waals surface area contributed by atoms with Crippen LogP contribution in [0.1, 0.15) is 13.3 Å². The van der Waals surface area contributed by atoms with Crippen molar-refractivity contribution in [2.75, 3.05) is 19.6 Å². The van der Waals surface area contributed by atoms with Gasteiger partial charge in [0.1, 0.15) is 11.8 Å². The number of fused-ring (bicyclic) bond motifs is 1. The van der Waals surface area contributed by atoms with Crippen LogP contribution in [0.3, 0.4) is 0 Å². The highest BCUT2D eigenvalue weighted by Crippen LogP contribution is 2.29. The molecule has 2 aromatic heterocycles. The predicted molar refractivity (Wildman–Crippen MR) is 91.1 cm³/mol. The van der Waals surface area contributed by atoms with E-state index in [1.807, 2.05) is 30.3 Å². The van der Waals surface area contributed by atoms with Gasteiger partial charge >= 0.3 is 5.69 Å². The Morgan fingerprint density at radius 3 is 3.00 bits per heavy atom. The van der Waals surface area contributed by atoms with Crippen LogP contribution in [0.15, 0.2) is 35.1 Å². The molecule has 1 saturated heterocycles. The molecule has 0 saturated carbocycles. The first-order valence-corrected chi connectivity index (χ1v) is 8.17. The van der Waals surface area contributed by atoms with Gasteiger partial charge in [0.15, 0.2) is 5.82 Å². The number of aromatic amines is 2. The van der Waals surface area contributed by atoms with Gasteiger partial charge in [0, 0.05) is 18.5 Å². The van der Waals surface area contributed by atoms with Crippen LogP contribution in [-0.2, 0) is 0 Å². The molecule has 7 nitrogen and oxygen atoms in total. The van der Waals surface area contributed by atoms with Crippen molar-refractivity contribution in [3.8, 4) is 17.4 Å². The fourth-order valence-corrected chi connectivity index (χ4v) is 3.11. The van der Waals surface area contributed by atoms with Gasteiger partial charge in [0.05, 0.1) is 0 Å². The van der Waals surface area contributed by atoms with Crippen LogP contribution in [0.2, 0.25) is 0 Å². The maximum atomic E-state index is 11.3. The van der Waals surface area contributed by atoms with E-state index in [0.29, 0.717) is 17.4 Å². The summed E-state index contributed by atoms with van der Waals surface area (Å²) in [5.41, 5.74) is 0.240. The van der Waals surface area contributed by atoms with Crippen LogP contribution < -0.4 is 10.4 Å². The van der Waals surface area contributed by atoms with Crippen LogP contribution >= 0.6 is 0 Å². The molecule has 0 bridgehead atoms. The van der Waals surface area contributed by atoms with Crippen LogP contribution in [0.4, 0.5) is 0 Å². The Hall–Kier alpha value is -2.67. The molecule has 124 valence electrons. The SMILES string of the molecule is CCN1CC[C@H](Oc2nc(-c3n[nH]c(=O)[nH]3)cc3ccccc23)C1. The molecule has 1 aromatic carbocycles. The second-order valence-electron chi connectivity index (χ2n) is 5.98. The number of likely N-dealkylation sites (N-methyl/N-ethyl adjacent to an activating group) is 1. The topological polar surface area (TPSA) is 86.9 Å². The lowest BCUT2D eigenvalue weighted by atomic mass is 10.1. The van der Waals surface area contributed by atoms with E-state index in [1.54, 1.807) is 0 Å². The zero-order valence-corrected chi connectivity index (χ0v) is 13.5. The fourth-order valence-electron chi connectivity index (χ4n) is 3.11.